The van der Waals surface area contributed by atoms with Crippen molar-refractivity contribution in [3.8, 4) is 0 Å². The van der Waals surface area contributed by atoms with E-state index >= 15 is 0 Å². The molecule has 0 amide bonds. The molecule has 7 atom stereocenters. The number of epoxide rings is 1. The molecule has 2 saturated carbocycles. The highest BCUT2D eigenvalue weighted by molar-refractivity contribution is 5.89. The maximum absolute atomic E-state index is 13.2. The Hall–Kier alpha value is -1.21. The molecule has 3 N–H and O–H groups in total. The lowest BCUT2D eigenvalue weighted by molar-refractivity contribution is -0.201. The third-order valence-corrected chi connectivity index (χ3v) is 7.70. The van der Waals surface area contributed by atoms with Crippen LogP contribution in [0.5, 0.6) is 0 Å². The summed E-state index contributed by atoms with van der Waals surface area (Å²) < 4.78 is 10.8. The van der Waals surface area contributed by atoms with Crippen LogP contribution in [-0.2, 0) is 9.53 Å². The first-order chi connectivity index (χ1) is 12.3. The van der Waals surface area contributed by atoms with Crippen molar-refractivity contribution in [2.24, 2.45) is 22.7 Å². The molecule has 0 unspecified atom stereocenters. The molecule has 1 spiro atoms. The first-order valence-electron chi connectivity index (χ1n) is 9.47. The maximum atomic E-state index is 13.2. The lowest BCUT2D eigenvalue weighted by Gasteiger charge is -2.61. The van der Waals surface area contributed by atoms with Gasteiger partial charge >= 0.3 is 0 Å². The molecule has 26 heavy (non-hydrogen) atoms. The van der Waals surface area contributed by atoms with Crippen LogP contribution in [0.3, 0.4) is 0 Å². The highest BCUT2D eigenvalue weighted by Crippen LogP contribution is 2.67. The van der Waals surface area contributed by atoms with Gasteiger partial charge < -0.3 is 24.5 Å². The van der Waals surface area contributed by atoms with E-state index in [1.54, 1.807) is 6.07 Å². The number of carbonyl (C=O) groups excluding carboxylic acids is 1. The zero-order valence-corrected chi connectivity index (χ0v) is 15.4. The number of ketones is 1. The summed E-state index contributed by atoms with van der Waals surface area (Å²) in [6, 6.07) is 1.73. The van der Waals surface area contributed by atoms with Crippen LogP contribution in [0, 0.1) is 22.7 Å². The van der Waals surface area contributed by atoms with E-state index in [0.29, 0.717) is 37.9 Å². The minimum absolute atomic E-state index is 0.0102. The topological polar surface area (TPSA) is 103 Å². The third kappa shape index (κ3) is 2.22. The maximum Gasteiger partial charge on any atom is 0.145 e. The summed E-state index contributed by atoms with van der Waals surface area (Å²) in [4.78, 5) is 13.2. The lowest BCUT2D eigenvalue weighted by atomic mass is 9.42. The standard InChI is InChI=1S/C20H28O6/c1-12-7-16(24)20(10-21)17(14(22)3-5-19(20)11-26-19)18(12,2)8-15(23)13-4-6-25-9-13/h4,6,9,12,14-15,17,21-23H,3,5,7-8,10-11H2,1-2H3/t12-,14-,15+,17+,18-,19+,20-/m0/s1. The summed E-state index contributed by atoms with van der Waals surface area (Å²) in [5, 5.41) is 32.1. The molecule has 0 bridgehead atoms. The van der Waals surface area contributed by atoms with Crippen LogP contribution in [-0.4, -0.2) is 46.0 Å². The van der Waals surface area contributed by atoms with Crippen molar-refractivity contribution >= 4 is 5.78 Å². The second kappa shape index (κ2) is 5.89. The van der Waals surface area contributed by atoms with Crippen LogP contribution in [0.15, 0.2) is 23.0 Å². The Morgan fingerprint density at radius 1 is 1.42 bits per heavy atom. The molecule has 4 rings (SSSR count). The molecule has 6 heteroatoms. The van der Waals surface area contributed by atoms with Gasteiger partial charge in [0, 0.05) is 17.9 Å². The number of fused-ring (bicyclic) bond motifs is 2. The van der Waals surface area contributed by atoms with Gasteiger partial charge in [-0.15, -0.1) is 0 Å². The van der Waals surface area contributed by atoms with Crippen LogP contribution in [0.4, 0.5) is 0 Å². The van der Waals surface area contributed by atoms with Crippen molar-refractivity contribution in [1.29, 1.82) is 0 Å². The molecule has 6 nitrogen and oxygen atoms in total. The Balaban J connectivity index is 1.77. The van der Waals surface area contributed by atoms with Crippen LogP contribution in [0.2, 0.25) is 0 Å². The minimum atomic E-state index is -1.08. The van der Waals surface area contributed by atoms with Gasteiger partial charge in [-0.1, -0.05) is 13.8 Å². The van der Waals surface area contributed by atoms with Gasteiger partial charge in [0.05, 0.1) is 43.4 Å². The van der Waals surface area contributed by atoms with E-state index in [-0.39, 0.29) is 18.3 Å². The Morgan fingerprint density at radius 2 is 2.15 bits per heavy atom. The number of hydrogen-bond acceptors (Lipinski definition) is 6. The van der Waals surface area contributed by atoms with Crippen LogP contribution in [0.25, 0.3) is 0 Å². The molecule has 1 aromatic heterocycles. The molecule has 1 aromatic rings. The van der Waals surface area contributed by atoms with Gasteiger partial charge in [-0.2, -0.15) is 0 Å². The first kappa shape index (κ1) is 18.2. The van der Waals surface area contributed by atoms with Gasteiger partial charge in [0.25, 0.3) is 0 Å². The summed E-state index contributed by atoms with van der Waals surface area (Å²) in [6.07, 6.45) is 3.44. The number of rotatable bonds is 4. The Labute approximate surface area is 153 Å². The predicted octanol–water partition coefficient (Wildman–Crippen LogP) is 1.84. The lowest BCUT2D eigenvalue weighted by Crippen LogP contribution is -2.68. The van der Waals surface area contributed by atoms with E-state index in [0.717, 1.165) is 0 Å². The van der Waals surface area contributed by atoms with Gasteiger partial charge in [0.1, 0.15) is 11.4 Å². The number of aliphatic hydroxyl groups is 3. The van der Waals surface area contributed by atoms with Gasteiger partial charge in [-0.3, -0.25) is 4.79 Å². The van der Waals surface area contributed by atoms with Crippen molar-refractivity contribution in [2.75, 3.05) is 13.2 Å². The average molecular weight is 364 g/mol. The fraction of sp³-hybridized carbons (Fsp3) is 0.750. The van der Waals surface area contributed by atoms with Crippen LogP contribution >= 0.6 is 0 Å². The third-order valence-electron chi connectivity index (χ3n) is 7.70. The second-order valence-corrected chi connectivity index (χ2v) is 8.81. The Morgan fingerprint density at radius 3 is 2.73 bits per heavy atom. The predicted molar refractivity (Wildman–Crippen MR) is 92.1 cm³/mol. The van der Waals surface area contributed by atoms with E-state index in [1.165, 1.54) is 12.5 Å². The summed E-state index contributed by atoms with van der Waals surface area (Å²) in [5.74, 6) is -0.483. The summed E-state index contributed by atoms with van der Waals surface area (Å²) in [7, 11) is 0. The van der Waals surface area contributed by atoms with E-state index in [1.807, 2.05) is 13.8 Å². The quantitative estimate of drug-likeness (QED) is 0.705. The number of ether oxygens (including phenoxy) is 1. The van der Waals surface area contributed by atoms with Crippen LogP contribution in [0.1, 0.15) is 51.2 Å². The van der Waals surface area contributed by atoms with Crippen molar-refractivity contribution in [3.63, 3.8) is 0 Å². The van der Waals surface area contributed by atoms with E-state index < -0.39 is 34.6 Å². The number of carbonyl (C=O) groups is 1. The largest absolute Gasteiger partial charge is 0.472 e. The van der Waals surface area contributed by atoms with Gasteiger partial charge in [-0.05, 0) is 36.7 Å². The molecular formula is C20H28O6. The average Bonchev–Trinajstić information content (AvgIpc) is 3.17. The molecule has 1 saturated heterocycles. The van der Waals surface area contributed by atoms with Crippen molar-refractivity contribution < 1.29 is 29.3 Å². The smallest absolute Gasteiger partial charge is 0.145 e. The summed E-state index contributed by atoms with van der Waals surface area (Å²) in [6.45, 7) is 4.17. The first-order valence-corrected chi connectivity index (χ1v) is 9.47. The molecule has 2 aliphatic carbocycles. The van der Waals surface area contributed by atoms with Crippen molar-refractivity contribution in [1.82, 2.24) is 0 Å². The molecule has 2 heterocycles. The van der Waals surface area contributed by atoms with Gasteiger partial charge in [0.2, 0.25) is 0 Å². The summed E-state index contributed by atoms with van der Waals surface area (Å²) in [5.41, 5.74) is -1.56. The molecule has 0 aromatic carbocycles. The fourth-order valence-corrected chi connectivity index (χ4v) is 5.96. The highest BCUT2D eigenvalue weighted by Gasteiger charge is 2.75. The Kier molecular flexibility index (Phi) is 4.12. The zero-order valence-electron chi connectivity index (χ0n) is 15.4. The van der Waals surface area contributed by atoms with Crippen molar-refractivity contribution in [3.05, 3.63) is 24.2 Å². The van der Waals surface area contributed by atoms with E-state index in [4.69, 9.17) is 9.15 Å². The fourth-order valence-electron chi connectivity index (χ4n) is 5.96. The monoisotopic (exact) mass is 364 g/mol. The molecular weight excluding hydrogens is 336 g/mol. The summed E-state index contributed by atoms with van der Waals surface area (Å²) >= 11 is 0. The number of aliphatic hydroxyl groups excluding tert-OH is 3. The number of Topliss-reactive ketones (excluding diaryl/α,β-unsaturated/α-hetero) is 1. The van der Waals surface area contributed by atoms with Crippen LogP contribution < -0.4 is 0 Å². The number of furan rings is 1. The second-order valence-electron chi connectivity index (χ2n) is 8.81. The van der Waals surface area contributed by atoms with E-state index in [2.05, 4.69) is 0 Å². The number of hydrogen-bond donors (Lipinski definition) is 3. The normalized spacial score (nSPS) is 46.2. The zero-order chi connectivity index (χ0) is 18.7. The van der Waals surface area contributed by atoms with Gasteiger partial charge in [-0.25, -0.2) is 0 Å². The molecule has 144 valence electrons. The molecule has 3 aliphatic rings. The SMILES string of the molecule is C[C@H]1CC(=O)[C@@]2(CO)[C@H]([C@@H](O)CC[C@@]23CO3)[C@@]1(C)C[C@@H](O)c1ccoc1. The highest BCUT2D eigenvalue weighted by atomic mass is 16.6. The van der Waals surface area contributed by atoms with E-state index in [9.17, 15) is 20.1 Å². The van der Waals surface area contributed by atoms with Gasteiger partial charge in [0.15, 0.2) is 0 Å². The Bertz CT molecular complexity index is 680. The minimum Gasteiger partial charge on any atom is -0.472 e. The molecule has 3 fully saturated rings. The van der Waals surface area contributed by atoms with Crippen molar-refractivity contribution in [2.45, 2.75) is 57.3 Å². The molecule has 0 radical (unpaired) electrons. The molecule has 1 aliphatic heterocycles.